The highest BCUT2D eigenvalue weighted by molar-refractivity contribution is 5.77. The van der Waals surface area contributed by atoms with E-state index in [-0.39, 0.29) is 17.1 Å². The third kappa shape index (κ3) is 4.56. The molecule has 138 valence electrons. The summed E-state index contributed by atoms with van der Waals surface area (Å²) < 4.78 is 13.0. The van der Waals surface area contributed by atoms with Crippen LogP contribution in [0.25, 0.3) is 11.3 Å². The van der Waals surface area contributed by atoms with E-state index in [1.807, 2.05) is 17.0 Å². The minimum absolute atomic E-state index is 0.00980. The van der Waals surface area contributed by atoms with Crippen molar-refractivity contribution in [3.8, 4) is 11.3 Å². The number of amides is 1. The van der Waals surface area contributed by atoms with Gasteiger partial charge in [0, 0.05) is 38.2 Å². The summed E-state index contributed by atoms with van der Waals surface area (Å²) in [4.78, 5) is 16.4. The van der Waals surface area contributed by atoms with Crippen LogP contribution in [-0.2, 0) is 4.79 Å². The quantitative estimate of drug-likeness (QED) is 0.846. The summed E-state index contributed by atoms with van der Waals surface area (Å²) in [6.45, 7) is 9.16. The zero-order valence-electron chi connectivity index (χ0n) is 15.6. The van der Waals surface area contributed by atoms with Crippen molar-refractivity contribution in [3.63, 3.8) is 0 Å². The summed E-state index contributed by atoms with van der Waals surface area (Å²) in [7, 11) is 0. The van der Waals surface area contributed by atoms with E-state index in [4.69, 9.17) is 0 Å². The molecule has 0 saturated carbocycles. The molecule has 1 aliphatic rings. The van der Waals surface area contributed by atoms with Crippen molar-refractivity contribution in [2.75, 3.05) is 31.1 Å². The number of carbonyl (C=O) groups is 1. The molecule has 0 bridgehead atoms. The van der Waals surface area contributed by atoms with Crippen LogP contribution < -0.4 is 4.90 Å². The number of hydrogen-bond acceptors (Lipinski definition) is 4. The zero-order chi connectivity index (χ0) is 18.7. The van der Waals surface area contributed by atoms with E-state index in [1.54, 1.807) is 12.1 Å². The third-order valence-corrected chi connectivity index (χ3v) is 4.43. The largest absolute Gasteiger partial charge is 0.352 e. The highest BCUT2D eigenvalue weighted by Gasteiger charge is 2.25. The molecule has 0 spiro atoms. The number of aromatic nitrogens is 2. The molecule has 6 heteroatoms. The van der Waals surface area contributed by atoms with Crippen LogP contribution in [0.5, 0.6) is 0 Å². The lowest BCUT2D eigenvalue weighted by atomic mass is 9.91. The van der Waals surface area contributed by atoms with Gasteiger partial charge in [-0.2, -0.15) is 0 Å². The molecule has 1 amide bonds. The molecule has 0 N–H and O–H groups in total. The van der Waals surface area contributed by atoms with Crippen LogP contribution in [0.4, 0.5) is 10.2 Å². The van der Waals surface area contributed by atoms with E-state index in [0.29, 0.717) is 25.2 Å². The number of anilines is 1. The maximum atomic E-state index is 13.0. The Kier molecular flexibility index (Phi) is 5.20. The Morgan fingerprint density at radius 2 is 1.65 bits per heavy atom. The summed E-state index contributed by atoms with van der Waals surface area (Å²) in [5.74, 6) is 0.755. The Balaban J connectivity index is 1.59. The molecule has 3 rings (SSSR count). The van der Waals surface area contributed by atoms with E-state index in [2.05, 4.69) is 35.9 Å². The van der Waals surface area contributed by atoms with Gasteiger partial charge in [0.05, 0.1) is 5.69 Å². The predicted molar refractivity (Wildman–Crippen MR) is 100 cm³/mol. The van der Waals surface area contributed by atoms with Gasteiger partial charge in [-0.1, -0.05) is 20.8 Å². The number of nitrogens with zero attached hydrogens (tertiary/aromatic N) is 4. The molecule has 2 aromatic rings. The zero-order valence-corrected chi connectivity index (χ0v) is 15.6. The Bertz CT molecular complexity index is 745. The van der Waals surface area contributed by atoms with Crippen molar-refractivity contribution in [2.45, 2.75) is 27.2 Å². The van der Waals surface area contributed by atoms with Crippen LogP contribution in [0.15, 0.2) is 36.4 Å². The third-order valence-electron chi connectivity index (χ3n) is 4.43. The maximum absolute atomic E-state index is 13.0. The number of piperazine rings is 1. The molecule has 1 saturated heterocycles. The molecule has 1 aliphatic heterocycles. The Morgan fingerprint density at radius 3 is 2.19 bits per heavy atom. The first-order chi connectivity index (χ1) is 12.3. The van der Waals surface area contributed by atoms with Crippen molar-refractivity contribution in [2.24, 2.45) is 5.41 Å². The topological polar surface area (TPSA) is 49.3 Å². The van der Waals surface area contributed by atoms with Gasteiger partial charge in [0.2, 0.25) is 5.91 Å². The van der Waals surface area contributed by atoms with Gasteiger partial charge in [-0.05, 0) is 41.8 Å². The molecule has 1 aromatic carbocycles. The van der Waals surface area contributed by atoms with Gasteiger partial charge < -0.3 is 9.80 Å². The monoisotopic (exact) mass is 356 g/mol. The minimum atomic E-state index is -0.266. The summed E-state index contributed by atoms with van der Waals surface area (Å²) in [5.41, 5.74) is 1.56. The minimum Gasteiger partial charge on any atom is -0.352 e. The molecule has 5 nitrogen and oxygen atoms in total. The predicted octanol–water partition coefficient (Wildman–Crippen LogP) is 3.37. The van der Waals surface area contributed by atoms with Crippen LogP contribution in [-0.4, -0.2) is 47.2 Å². The van der Waals surface area contributed by atoms with Gasteiger partial charge in [-0.15, -0.1) is 10.2 Å². The van der Waals surface area contributed by atoms with Crippen molar-refractivity contribution in [3.05, 3.63) is 42.2 Å². The second-order valence-electron chi connectivity index (χ2n) is 7.89. The first-order valence-electron chi connectivity index (χ1n) is 8.94. The molecular formula is C20H25FN4O. The number of rotatable bonds is 3. The van der Waals surface area contributed by atoms with Crippen molar-refractivity contribution in [1.29, 1.82) is 0 Å². The van der Waals surface area contributed by atoms with Gasteiger partial charge in [-0.25, -0.2) is 4.39 Å². The first-order valence-corrected chi connectivity index (χ1v) is 8.94. The van der Waals surface area contributed by atoms with Crippen LogP contribution in [0.2, 0.25) is 0 Å². The van der Waals surface area contributed by atoms with E-state index >= 15 is 0 Å². The standard InChI is InChI=1S/C20H25FN4O/c1-20(2,3)14-19(26)25-12-10-24(11-13-25)18-9-8-17(22-23-18)15-4-6-16(21)7-5-15/h4-9H,10-14H2,1-3H3. The molecule has 2 heterocycles. The van der Waals surface area contributed by atoms with Gasteiger partial charge in [0.1, 0.15) is 5.82 Å². The van der Waals surface area contributed by atoms with Gasteiger partial charge >= 0.3 is 0 Å². The van der Waals surface area contributed by atoms with E-state index in [0.717, 1.165) is 24.5 Å². The average Bonchev–Trinajstić information content (AvgIpc) is 2.61. The lowest BCUT2D eigenvalue weighted by Gasteiger charge is -2.36. The molecule has 0 unspecified atom stereocenters. The Morgan fingerprint density at radius 1 is 1.00 bits per heavy atom. The van der Waals surface area contributed by atoms with Gasteiger partial charge in [0.15, 0.2) is 5.82 Å². The van der Waals surface area contributed by atoms with Crippen LogP contribution in [0.1, 0.15) is 27.2 Å². The fraction of sp³-hybridized carbons (Fsp3) is 0.450. The second kappa shape index (κ2) is 7.40. The lowest BCUT2D eigenvalue weighted by molar-refractivity contribution is -0.133. The maximum Gasteiger partial charge on any atom is 0.223 e. The molecule has 26 heavy (non-hydrogen) atoms. The summed E-state index contributed by atoms with van der Waals surface area (Å²) in [5, 5.41) is 8.57. The highest BCUT2D eigenvalue weighted by Crippen LogP contribution is 2.22. The SMILES string of the molecule is CC(C)(C)CC(=O)N1CCN(c2ccc(-c3ccc(F)cc3)nn2)CC1. The second-order valence-corrected chi connectivity index (χ2v) is 7.89. The van der Waals surface area contributed by atoms with Gasteiger partial charge in [0.25, 0.3) is 0 Å². The molecular weight excluding hydrogens is 331 g/mol. The van der Waals surface area contributed by atoms with E-state index in [9.17, 15) is 9.18 Å². The fourth-order valence-corrected chi connectivity index (χ4v) is 3.02. The molecule has 0 atom stereocenters. The number of hydrogen-bond donors (Lipinski definition) is 0. The fourth-order valence-electron chi connectivity index (χ4n) is 3.02. The Labute approximate surface area is 153 Å². The summed E-state index contributed by atoms with van der Waals surface area (Å²) >= 11 is 0. The molecule has 1 fully saturated rings. The molecule has 1 aromatic heterocycles. The van der Waals surface area contributed by atoms with E-state index in [1.165, 1.54) is 12.1 Å². The van der Waals surface area contributed by atoms with Crippen LogP contribution in [0.3, 0.4) is 0 Å². The van der Waals surface area contributed by atoms with Crippen LogP contribution >= 0.6 is 0 Å². The summed E-state index contributed by atoms with van der Waals surface area (Å²) in [6, 6.07) is 10.0. The number of halogens is 1. The van der Waals surface area contributed by atoms with Gasteiger partial charge in [-0.3, -0.25) is 4.79 Å². The van der Waals surface area contributed by atoms with Crippen molar-refractivity contribution >= 4 is 11.7 Å². The lowest BCUT2D eigenvalue weighted by Crippen LogP contribution is -2.49. The smallest absolute Gasteiger partial charge is 0.223 e. The normalized spacial score (nSPS) is 15.2. The Hall–Kier alpha value is -2.50. The van der Waals surface area contributed by atoms with Crippen LogP contribution in [0, 0.1) is 11.2 Å². The average molecular weight is 356 g/mol. The van der Waals surface area contributed by atoms with Crippen molar-refractivity contribution < 1.29 is 9.18 Å². The van der Waals surface area contributed by atoms with Crippen molar-refractivity contribution in [1.82, 2.24) is 15.1 Å². The summed E-state index contributed by atoms with van der Waals surface area (Å²) in [6.07, 6.45) is 0.569. The molecule has 0 aliphatic carbocycles. The molecule has 0 radical (unpaired) electrons. The number of benzene rings is 1. The first kappa shape index (κ1) is 18.3. The highest BCUT2D eigenvalue weighted by atomic mass is 19.1. The van der Waals surface area contributed by atoms with E-state index < -0.39 is 0 Å². The number of carbonyl (C=O) groups excluding carboxylic acids is 1.